The van der Waals surface area contributed by atoms with E-state index in [1.165, 1.54) is 17.7 Å². The van der Waals surface area contributed by atoms with Gasteiger partial charge in [0.15, 0.2) is 6.61 Å². The molecule has 0 unspecified atom stereocenters. The van der Waals surface area contributed by atoms with Gasteiger partial charge in [0.1, 0.15) is 5.75 Å². The summed E-state index contributed by atoms with van der Waals surface area (Å²) in [4.78, 5) is 23.1. The third kappa shape index (κ3) is 3.93. The SMILES string of the molecule is COC(=O)COc1ccc2c(c1)sc(=O)n2-c1ccc(C(F)(F)F)cc1Cl. The number of carbonyl (C=O) groups excluding carboxylic acids is 1. The number of ether oxygens (including phenoxy) is 2. The first-order valence-corrected chi connectivity index (χ1v) is 8.62. The summed E-state index contributed by atoms with van der Waals surface area (Å²) in [5.74, 6) is -0.211. The number of hydrogen-bond acceptors (Lipinski definition) is 5. The number of alkyl halides is 3. The van der Waals surface area contributed by atoms with Crippen LogP contribution in [0.15, 0.2) is 41.2 Å². The lowest BCUT2D eigenvalue weighted by Crippen LogP contribution is -2.13. The van der Waals surface area contributed by atoms with Gasteiger partial charge in [-0.05, 0) is 36.4 Å². The molecule has 1 heterocycles. The van der Waals surface area contributed by atoms with Crippen molar-refractivity contribution in [3.05, 3.63) is 56.7 Å². The highest BCUT2D eigenvalue weighted by Crippen LogP contribution is 2.34. The molecule has 2 aromatic carbocycles. The van der Waals surface area contributed by atoms with E-state index in [-0.39, 0.29) is 17.3 Å². The van der Waals surface area contributed by atoms with Gasteiger partial charge in [0.05, 0.1) is 33.6 Å². The first kappa shape index (κ1) is 19.2. The van der Waals surface area contributed by atoms with Crippen molar-refractivity contribution in [1.29, 1.82) is 0 Å². The van der Waals surface area contributed by atoms with E-state index in [9.17, 15) is 22.8 Å². The maximum absolute atomic E-state index is 12.8. The van der Waals surface area contributed by atoms with Crippen molar-refractivity contribution in [1.82, 2.24) is 4.57 Å². The van der Waals surface area contributed by atoms with Crippen molar-refractivity contribution in [2.45, 2.75) is 6.18 Å². The minimum absolute atomic E-state index is 0.143. The zero-order valence-electron chi connectivity index (χ0n) is 13.7. The molecule has 142 valence electrons. The Hall–Kier alpha value is -2.52. The molecule has 0 aliphatic rings. The van der Waals surface area contributed by atoms with Crippen LogP contribution in [-0.4, -0.2) is 24.3 Å². The van der Waals surface area contributed by atoms with Crippen LogP contribution in [0.2, 0.25) is 5.02 Å². The number of esters is 1. The fraction of sp³-hybridized carbons (Fsp3) is 0.176. The smallest absolute Gasteiger partial charge is 0.416 e. The quantitative estimate of drug-likeness (QED) is 0.595. The van der Waals surface area contributed by atoms with Crippen molar-refractivity contribution in [2.75, 3.05) is 13.7 Å². The maximum atomic E-state index is 12.8. The van der Waals surface area contributed by atoms with Crippen LogP contribution in [0.3, 0.4) is 0 Å². The van der Waals surface area contributed by atoms with Gasteiger partial charge in [0, 0.05) is 0 Å². The summed E-state index contributed by atoms with van der Waals surface area (Å²) < 4.78 is 49.9. The van der Waals surface area contributed by atoms with Gasteiger partial charge in [-0.2, -0.15) is 13.2 Å². The van der Waals surface area contributed by atoms with Crippen LogP contribution >= 0.6 is 22.9 Å². The standard InChI is InChI=1S/C17H11ClF3NO4S/c1-25-15(23)8-26-10-3-5-13-14(7-10)27-16(24)22(13)12-4-2-9(6-11(12)18)17(19,20)21/h2-7H,8H2,1H3. The summed E-state index contributed by atoms with van der Waals surface area (Å²) in [6.45, 7) is -0.289. The van der Waals surface area contributed by atoms with E-state index >= 15 is 0 Å². The highest BCUT2D eigenvalue weighted by Gasteiger charge is 2.31. The largest absolute Gasteiger partial charge is 0.482 e. The fourth-order valence-corrected chi connectivity index (χ4v) is 3.56. The molecule has 0 saturated heterocycles. The highest BCUT2D eigenvalue weighted by atomic mass is 35.5. The second kappa shape index (κ2) is 7.24. The van der Waals surface area contributed by atoms with E-state index in [0.29, 0.717) is 16.0 Å². The Morgan fingerprint density at radius 2 is 1.96 bits per heavy atom. The van der Waals surface area contributed by atoms with E-state index in [2.05, 4.69) is 4.74 Å². The molecule has 0 N–H and O–H groups in total. The van der Waals surface area contributed by atoms with Gasteiger partial charge in [-0.15, -0.1) is 0 Å². The molecule has 0 spiro atoms. The summed E-state index contributed by atoms with van der Waals surface area (Å²) in [7, 11) is 1.23. The summed E-state index contributed by atoms with van der Waals surface area (Å²) in [5.41, 5.74) is -0.302. The zero-order valence-corrected chi connectivity index (χ0v) is 15.2. The molecule has 3 rings (SSSR count). The second-order valence-corrected chi connectivity index (χ2v) is 6.76. The average molecular weight is 418 g/mol. The van der Waals surface area contributed by atoms with Crippen molar-refractivity contribution >= 4 is 39.1 Å². The van der Waals surface area contributed by atoms with E-state index < -0.39 is 22.6 Å². The van der Waals surface area contributed by atoms with Crippen LogP contribution in [0.5, 0.6) is 5.75 Å². The normalized spacial score (nSPS) is 11.6. The first-order valence-electron chi connectivity index (χ1n) is 7.43. The molecular weight excluding hydrogens is 407 g/mol. The van der Waals surface area contributed by atoms with Crippen LogP contribution in [0.1, 0.15) is 5.56 Å². The van der Waals surface area contributed by atoms with E-state index in [0.717, 1.165) is 29.5 Å². The molecule has 3 aromatic rings. The molecule has 0 aliphatic carbocycles. The molecule has 27 heavy (non-hydrogen) atoms. The number of carbonyl (C=O) groups is 1. The van der Waals surface area contributed by atoms with Crippen molar-refractivity contribution in [3.8, 4) is 11.4 Å². The second-order valence-electron chi connectivity index (χ2n) is 5.36. The first-order chi connectivity index (χ1) is 12.7. The third-order valence-electron chi connectivity index (χ3n) is 3.65. The minimum Gasteiger partial charge on any atom is -0.482 e. The predicted molar refractivity (Wildman–Crippen MR) is 94.9 cm³/mol. The number of halogens is 4. The van der Waals surface area contributed by atoms with E-state index in [4.69, 9.17) is 16.3 Å². The summed E-state index contributed by atoms with van der Waals surface area (Å²) >= 11 is 6.88. The number of aromatic nitrogens is 1. The lowest BCUT2D eigenvalue weighted by molar-refractivity contribution is -0.143. The molecular formula is C17H11ClF3NO4S. The number of fused-ring (bicyclic) bond motifs is 1. The monoisotopic (exact) mass is 417 g/mol. The van der Waals surface area contributed by atoms with Gasteiger partial charge in [0.2, 0.25) is 0 Å². The number of nitrogens with zero attached hydrogens (tertiary/aromatic N) is 1. The van der Waals surface area contributed by atoms with Crippen molar-refractivity contribution in [2.24, 2.45) is 0 Å². The van der Waals surface area contributed by atoms with Crippen molar-refractivity contribution in [3.63, 3.8) is 0 Å². The molecule has 0 atom stereocenters. The Balaban J connectivity index is 2.02. The molecule has 5 nitrogen and oxygen atoms in total. The maximum Gasteiger partial charge on any atom is 0.416 e. The molecule has 0 bridgehead atoms. The molecule has 0 saturated carbocycles. The number of hydrogen-bond donors (Lipinski definition) is 0. The van der Waals surface area contributed by atoms with E-state index in [1.807, 2.05) is 0 Å². The van der Waals surface area contributed by atoms with Gasteiger partial charge in [-0.1, -0.05) is 22.9 Å². The highest BCUT2D eigenvalue weighted by molar-refractivity contribution is 7.16. The van der Waals surface area contributed by atoms with Gasteiger partial charge in [0.25, 0.3) is 0 Å². The lowest BCUT2D eigenvalue weighted by atomic mass is 10.2. The van der Waals surface area contributed by atoms with Gasteiger partial charge in [-0.3, -0.25) is 9.36 Å². The van der Waals surface area contributed by atoms with Gasteiger partial charge >= 0.3 is 17.0 Å². The van der Waals surface area contributed by atoms with E-state index in [1.54, 1.807) is 12.1 Å². The molecule has 0 fully saturated rings. The number of rotatable bonds is 4. The minimum atomic E-state index is -4.53. The van der Waals surface area contributed by atoms with Crippen LogP contribution in [-0.2, 0) is 15.7 Å². The average Bonchev–Trinajstić information content (AvgIpc) is 2.93. The lowest BCUT2D eigenvalue weighted by Gasteiger charge is -2.11. The fourth-order valence-electron chi connectivity index (χ4n) is 2.38. The Bertz CT molecular complexity index is 1070. The number of benzene rings is 2. The van der Waals surface area contributed by atoms with Gasteiger partial charge in [-0.25, -0.2) is 4.79 Å². The number of methoxy groups -OCH3 is 1. The Morgan fingerprint density at radius 3 is 2.59 bits per heavy atom. The molecule has 0 amide bonds. The van der Waals surface area contributed by atoms with Crippen LogP contribution < -0.4 is 9.61 Å². The van der Waals surface area contributed by atoms with Crippen molar-refractivity contribution < 1.29 is 27.4 Å². The summed E-state index contributed by atoms with van der Waals surface area (Å²) in [5, 5.41) is -0.197. The number of thiazole rings is 1. The van der Waals surface area contributed by atoms with Crippen LogP contribution in [0, 0.1) is 0 Å². The Morgan fingerprint density at radius 1 is 1.22 bits per heavy atom. The molecule has 10 heteroatoms. The molecule has 0 radical (unpaired) electrons. The molecule has 0 aliphatic heterocycles. The third-order valence-corrected chi connectivity index (χ3v) is 4.86. The zero-order chi connectivity index (χ0) is 19.8. The Kier molecular flexibility index (Phi) is 5.16. The summed E-state index contributed by atoms with van der Waals surface area (Å²) in [6, 6.07) is 7.45. The predicted octanol–water partition coefficient (Wildman–Crippen LogP) is 4.28. The Labute approximate surface area is 159 Å². The molecule has 1 aromatic heterocycles. The topological polar surface area (TPSA) is 57.5 Å². The van der Waals surface area contributed by atoms with Gasteiger partial charge < -0.3 is 9.47 Å². The summed E-state index contributed by atoms with van der Waals surface area (Å²) in [6.07, 6.45) is -4.53. The van der Waals surface area contributed by atoms with Crippen LogP contribution in [0.25, 0.3) is 15.9 Å². The van der Waals surface area contributed by atoms with Crippen LogP contribution in [0.4, 0.5) is 13.2 Å².